The van der Waals surface area contributed by atoms with Gasteiger partial charge in [0.25, 0.3) is 0 Å². The molecule has 3 rings (SSSR count). The number of carbonyl (C=O) groups is 1. The van der Waals surface area contributed by atoms with Crippen LogP contribution in [0, 0.1) is 0 Å². The Bertz CT molecular complexity index is 1150. The van der Waals surface area contributed by atoms with Crippen LogP contribution in [-0.2, 0) is 45.6 Å². The molecule has 0 amide bonds. The van der Waals surface area contributed by atoms with Crippen LogP contribution in [-0.4, -0.2) is 5.78 Å². The average molecular weight is 718 g/mol. The minimum atomic E-state index is 0. The van der Waals surface area contributed by atoms with E-state index in [1.165, 1.54) is 57.8 Å². The summed E-state index contributed by atoms with van der Waals surface area (Å²) in [6.07, 6.45) is 21.8. The quantitative estimate of drug-likeness (QED) is 0.0588. The normalized spacial score (nSPS) is 11.6. The van der Waals surface area contributed by atoms with Gasteiger partial charge in [0.2, 0.25) is 0 Å². The molecule has 0 aliphatic rings. The van der Waals surface area contributed by atoms with E-state index in [0.717, 1.165) is 40.7 Å². The van der Waals surface area contributed by atoms with Crippen molar-refractivity contribution < 1.29 is 45.6 Å². The van der Waals surface area contributed by atoms with Crippen molar-refractivity contribution in [2.75, 3.05) is 0 Å². The Kier molecular flexibility index (Phi) is 20.2. The number of benzene rings is 3. The SMILES string of the molecule is CCCCCCCCCCCCC(=Cc1ccccc1)C(=Cc1ccccc1)C(=O)C=Cc1ccccc1.[Pd].[Pd]. The fraction of sp³-hybridized carbons (Fsp3) is 0.324. The molecule has 3 aromatic rings. The third-order valence-electron chi connectivity index (χ3n) is 6.89. The predicted octanol–water partition coefficient (Wildman–Crippen LogP) is 10.7. The fourth-order valence-corrected chi connectivity index (χ4v) is 4.70. The van der Waals surface area contributed by atoms with E-state index in [0.29, 0.717) is 0 Å². The molecule has 0 N–H and O–H groups in total. The minimum Gasteiger partial charge on any atom is -0.289 e. The smallest absolute Gasteiger partial charge is 0.186 e. The standard InChI is InChI=1S/C37H44O.2Pd/c1-2-3-4-5-6-7-8-9-10-20-27-35(30-33-23-16-12-17-24-33)36(31-34-25-18-13-19-26-34)37(38)29-28-32-21-14-11-15-22-32;;/h11-19,21-26,28-31H,2-10,20,27H2,1H3;;. The Hall–Kier alpha value is -2.13. The topological polar surface area (TPSA) is 17.1 Å². The van der Waals surface area contributed by atoms with Crippen LogP contribution in [0.15, 0.2) is 108 Å². The van der Waals surface area contributed by atoms with Gasteiger partial charge in [-0.05, 0) is 47.3 Å². The van der Waals surface area contributed by atoms with Gasteiger partial charge in [0.15, 0.2) is 5.78 Å². The fourth-order valence-electron chi connectivity index (χ4n) is 4.70. The van der Waals surface area contributed by atoms with E-state index in [-0.39, 0.29) is 46.6 Å². The van der Waals surface area contributed by atoms with Gasteiger partial charge in [-0.1, -0.05) is 168 Å². The Labute approximate surface area is 270 Å². The van der Waals surface area contributed by atoms with Crippen molar-refractivity contribution in [1.82, 2.24) is 0 Å². The summed E-state index contributed by atoms with van der Waals surface area (Å²) in [5, 5.41) is 0. The molecule has 218 valence electrons. The molecule has 0 aliphatic heterocycles. The van der Waals surface area contributed by atoms with Crippen LogP contribution in [0.1, 0.15) is 94.2 Å². The van der Waals surface area contributed by atoms with E-state index >= 15 is 0 Å². The van der Waals surface area contributed by atoms with E-state index in [1.807, 2.05) is 60.7 Å². The van der Waals surface area contributed by atoms with E-state index in [2.05, 4.69) is 55.5 Å². The summed E-state index contributed by atoms with van der Waals surface area (Å²) in [6.45, 7) is 2.27. The van der Waals surface area contributed by atoms with Crippen molar-refractivity contribution in [1.29, 1.82) is 0 Å². The van der Waals surface area contributed by atoms with Crippen LogP contribution < -0.4 is 0 Å². The summed E-state index contributed by atoms with van der Waals surface area (Å²) in [4.78, 5) is 13.6. The summed E-state index contributed by atoms with van der Waals surface area (Å²) in [6, 6.07) is 30.6. The van der Waals surface area contributed by atoms with E-state index in [9.17, 15) is 4.79 Å². The first-order chi connectivity index (χ1) is 18.8. The molecule has 0 heterocycles. The van der Waals surface area contributed by atoms with Crippen molar-refractivity contribution >= 4 is 24.0 Å². The van der Waals surface area contributed by atoms with Crippen LogP contribution in [0.5, 0.6) is 0 Å². The molecule has 0 spiro atoms. The second-order valence-corrected chi connectivity index (χ2v) is 10.1. The zero-order valence-electron chi connectivity index (χ0n) is 23.8. The first-order valence-electron chi connectivity index (χ1n) is 14.6. The van der Waals surface area contributed by atoms with Gasteiger partial charge in [0, 0.05) is 46.4 Å². The van der Waals surface area contributed by atoms with Crippen LogP contribution in [0.2, 0.25) is 0 Å². The first kappa shape index (κ1) is 35.9. The van der Waals surface area contributed by atoms with Gasteiger partial charge >= 0.3 is 0 Å². The van der Waals surface area contributed by atoms with E-state index < -0.39 is 0 Å². The van der Waals surface area contributed by atoms with Gasteiger partial charge in [-0.2, -0.15) is 0 Å². The predicted molar refractivity (Wildman–Crippen MR) is 166 cm³/mol. The van der Waals surface area contributed by atoms with Crippen molar-refractivity contribution in [3.8, 4) is 0 Å². The van der Waals surface area contributed by atoms with Gasteiger partial charge in [-0.25, -0.2) is 0 Å². The van der Waals surface area contributed by atoms with Crippen molar-refractivity contribution in [2.24, 2.45) is 0 Å². The molecule has 0 saturated heterocycles. The van der Waals surface area contributed by atoms with Crippen LogP contribution in [0.3, 0.4) is 0 Å². The van der Waals surface area contributed by atoms with Crippen LogP contribution in [0.4, 0.5) is 0 Å². The third-order valence-corrected chi connectivity index (χ3v) is 6.89. The summed E-state index contributed by atoms with van der Waals surface area (Å²) >= 11 is 0. The van der Waals surface area contributed by atoms with Crippen molar-refractivity contribution in [3.63, 3.8) is 0 Å². The number of unbranched alkanes of at least 4 members (excludes halogenated alkanes) is 9. The summed E-state index contributed by atoms with van der Waals surface area (Å²) in [5.74, 6) is 0.0481. The molecule has 3 heteroatoms. The number of hydrogen-bond acceptors (Lipinski definition) is 1. The molecular weight excluding hydrogens is 673 g/mol. The Morgan fingerprint density at radius 2 is 0.975 bits per heavy atom. The van der Waals surface area contributed by atoms with Gasteiger partial charge in [0.1, 0.15) is 0 Å². The number of carbonyl (C=O) groups excluding carboxylic acids is 1. The molecular formula is C37H44OPd2. The Morgan fingerprint density at radius 1 is 0.550 bits per heavy atom. The monoisotopic (exact) mass is 716 g/mol. The molecule has 0 unspecified atom stereocenters. The number of rotatable bonds is 17. The Morgan fingerprint density at radius 3 is 1.48 bits per heavy atom. The molecule has 3 aromatic carbocycles. The number of ketones is 1. The molecule has 0 bridgehead atoms. The summed E-state index contributed by atoms with van der Waals surface area (Å²) in [7, 11) is 0. The van der Waals surface area contributed by atoms with Gasteiger partial charge in [-0.15, -0.1) is 0 Å². The van der Waals surface area contributed by atoms with E-state index in [4.69, 9.17) is 0 Å². The average Bonchev–Trinajstić information content (AvgIpc) is 2.96. The zero-order valence-corrected chi connectivity index (χ0v) is 26.9. The minimum absolute atomic E-state index is 0. The molecule has 40 heavy (non-hydrogen) atoms. The maximum Gasteiger partial charge on any atom is 0.186 e. The molecule has 0 fully saturated rings. The van der Waals surface area contributed by atoms with Gasteiger partial charge < -0.3 is 0 Å². The second-order valence-electron chi connectivity index (χ2n) is 10.1. The second kappa shape index (κ2) is 22.6. The number of hydrogen-bond donors (Lipinski definition) is 0. The molecule has 0 aliphatic carbocycles. The van der Waals surface area contributed by atoms with Crippen molar-refractivity contribution in [3.05, 3.63) is 125 Å². The maximum atomic E-state index is 13.6. The van der Waals surface area contributed by atoms with Crippen molar-refractivity contribution in [2.45, 2.75) is 77.6 Å². The van der Waals surface area contributed by atoms with E-state index in [1.54, 1.807) is 6.08 Å². The molecule has 1 nitrogen and oxygen atoms in total. The van der Waals surface area contributed by atoms with Crippen LogP contribution >= 0.6 is 0 Å². The molecule has 0 atom stereocenters. The molecule has 0 radical (unpaired) electrons. The van der Waals surface area contributed by atoms with Crippen LogP contribution in [0.25, 0.3) is 18.2 Å². The number of allylic oxidation sites excluding steroid dienone is 3. The molecule has 0 aromatic heterocycles. The first-order valence-corrected chi connectivity index (χ1v) is 14.6. The Balaban J connectivity index is 0.00000400. The zero-order chi connectivity index (χ0) is 26.7. The summed E-state index contributed by atoms with van der Waals surface area (Å²) < 4.78 is 0. The molecule has 0 saturated carbocycles. The summed E-state index contributed by atoms with van der Waals surface area (Å²) in [5.41, 5.74) is 5.10. The maximum absolute atomic E-state index is 13.6. The van der Waals surface area contributed by atoms with Gasteiger partial charge in [-0.3, -0.25) is 4.79 Å². The van der Waals surface area contributed by atoms with Gasteiger partial charge in [0.05, 0.1) is 0 Å². The third kappa shape index (κ3) is 14.5. The largest absolute Gasteiger partial charge is 0.289 e.